The van der Waals surface area contributed by atoms with Crippen LogP contribution in [0.15, 0.2) is 36.4 Å². The van der Waals surface area contributed by atoms with Gasteiger partial charge in [-0.3, -0.25) is 10.1 Å². The van der Waals surface area contributed by atoms with Crippen molar-refractivity contribution in [2.45, 2.75) is 33.7 Å². The van der Waals surface area contributed by atoms with Gasteiger partial charge in [0.05, 0.1) is 4.92 Å². The molecule has 0 aliphatic carbocycles. The van der Waals surface area contributed by atoms with Crippen molar-refractivity contribution in [2.75, 3.05) is 5.32 Å². The lowest BCUT2D eigenvalue weighted by atomic mass is 9.99. The van der Waals surface area contributed by atoms with Crippen LogP contribution in [0.25, 0.3) is 0 Å². The second-order valence-corrected chi connectivity index (χ2v) is 5.48. The molecule has 0 aliphatic heterocycles. The van der Waals surface area contributed by atoms with E-state index in [4.69, 9.17) is 0 Å². The van der Waals surface area contributed by atoms with Gasteiger partial charge in [-0.15, -0.1) is 0 Å². The molecule has 0 aromatic heterocycles. The minimum atomic E-state index is -0.354. The monoisotopic (exact) mass is 284 g/mol. The SMILES string of the molecule is Cc1ccc(C)c(C(C)Nc2ccc([N+](=O)[O-])c(C)c2)c1. The number of nitro benzene ring substituents is 1. The number of rotatable bonds is 4. The van der Waals surface area contributed by atoms with Crippen molar-refractivity contribution in [1.29, 1.82) is 0 Å². The molecular formula is C17H20N2O2. The average Bonchev–Trinajstić information content (AvgIpc) is 2.41. The number of benzene rings is 2. The summed E-state index contributed by atoms with van der Waals surface area (Å²) in [7, 11) is 0. The lowest BCUT2D eigenvalue weighted by Gasteiger charge is -2.19. The van der Waals surface area contributed by atoms with Gasteiger partial charge >= 0.3 is 0 Å². The fraction of sp³-hybridized carbons (Fsp3) is 0.294. The van der Waals surface area contributed by atoms with Gasteiger partial charge in [0.15, 0.2) is 0 Å². The van der Waals surface area contributed by atoms with Crippen LogP contribution >= 0.6 is 0 Å². The first-order valence-corrected chi connectivity index (χ1v) is 6.97. The fourth-order valence-electron chi connectivity index (χ4n) is 2.50. The summed E-state index contributed by atoms with van der Waals surface area (Å²) in [6.07, 6.45) is 0. The third-order valence-electron chi connectivity index (χ3n) is 3.68. The molecule has 110 valence electrons. The molecule has 2 aromatic carbocycles. The number of nitro groups is 1. The highest BCUT2D eigenvalue weighted by Gasteiger charge is 2.13. The third-order valence-corrected chi connectivity index (χ3v) is 3.68. The zero-order valence-electron chi connectivity index (χ0n) is 12.8. The summed E-state index contributed by atoms with van der Waals surface area (Å²) in [5.74, 6) is 0. The Labute approximate surface area is 125 Å². The standard InChI is InChI=1S/C17H20N2O2/c1-11-5-6-12(2)16(9-11)14(4)18-15-7-8-17(19(20)21)13(3)10-15/h5-10,14,18H,1-4H3. The fourth-order valence-corrected chi connectivity index (χ4v) is 2.50. The molecule has 0 amide bonds. The summed E-state index contributed by atoms with van der Waals surface area (Å²) in [6, 6.07) is 11.7. The highest BCUT2D eigenvalue weighted by atomic mass is 16.6. The minimum absolute atomic E-state index is 0.144. The van der Waals surface area contributed by atoms with Crippen molar-refractivity contribution in [3.8, 4) is 0 Å². The first-order chi connectivity index (χ1) is 9.88. The van der Waals surface area contributed by atoms with Crippen LogP contribution < -0.4 is 5.32 Å². The summed E-state index contributed by atoms with van der Waals surface area (Å²) in [5, 5.41) is 14.3. The van der Waals surface area contributed by atoms with Gasteiger partial charge in [0.1, 0.15) is 0 Å². The smallest absolute Gasteiger partial charge is 0.272 e. The van der Waals surface area contributed by atoms with Crippen LogP contribution in [0.2, 0.25) is 0 Å². The van der Waals surface area contributed by atoms with E-state index in [0.29, 0.717) is 5.56 Å². The second kappa shape index (κ2) is 5.95. The first-order valence-electron chi connectivity index (χ1n) is 6.97. The largest absolute Gasteiger partial charge is 0.378 e. The quantitative estimate of drug-likeness (QED) is 0.654. The minimum Gasteiger partial charge on any atom is -0.378 e. The molecule has 0 saturated carbocycles. The van der Waals surface area contributed by atoms with Crippen molar-refractivity contribution in [1.82, 2.24) is 0 Å². The van der Waals surface area contributed by atoms with E-state index in [1.54, 1.807) is 19.1 Å². The van der Waals surface area contributed by atoms with E-state index in [1.807, 2.05) is 6.07 Å². The van der Waals surface area contributed by atoms with Gasteiger partial charge in [-0.25, -0.2) is 0 Å². The van der Waals surface area contributed by atoms with Crippen LogP contribution in [-0.4, -0.2) is 4.92 Å². The van der Waals surface area contributed by atoms with E-state index in [1.165, 1.54) is 16.7 Å². The van der Waals surface area contributed by atoms with Crippen LogP contribution in [0, 0.1) is 30.9 Å². The number of nitrogens with zero attached hydrogens (tertiary/aromatic N) is 1. The summed E-state index contributed by atoms with van der Waals surface area (Å²) >= 11 is 0. The Morgan fingerprint density at radius 1 is 1.05 bits per heavy atom. The summed E-state index contributed by atoms with van der Waals surface area (Å²) in [5.41, 5.74) is 5.42. The van der Waals surface area contributed by atoms with Crippen molar-refractivity contribution in [3.05, 3.63) is 68.8 Å². The molecule has 1 atom stereocenters. The van der Waals surface area contributed by atoms with Gasteiger partial charge in [0, 0.05) is 23.4 Å². The maximum absolute atomic E-state index is 10.8. The predicted octanol–water partition coefficient (Wildman–Crippen LogP) is 4.69. The van der Waals surface area contributed by atoms with Crippen LogP contribution in [0.1, 0.15) is 35.2 Å². The molecule has 1 unspecified atom stereocenters. The van der Waals surface area contributed by atoms with Crippen LogP contribution in [0.3, 0.4) is 0 Å². The Kier molecular flexibility index (Phi) is 4.26. The molecule has 21 heavy (non-hydrogen) atoms. The summed E-state index contributed by atoms with van der Waals surface area (Å²) < 4.78 is 0. The molecule has 0 spiro atoms. The van der Waals surface area contributed by atoms with E-state index in [9.17, 15) is 10.1 Å². The van der Waals surface area contributed by atoms with Crippen LogP contribution in [0.5, 0.6) is 0 Å². The first kappa shape index (κ1) is 15.0. The maximum atomic E-state index is 10.8. The van der Waals surface area contributed by atoms with Gasteiger partial charge in [-0.1, -0.05) is 23.8 Å². The lowest BCUT2D eigenvalue weighted by molar-refractivity contribution is -0.385. The van der Waals surface area contributed by atoms with E-state index in [2.05, 4.69) is 44.3 Å². The number of nitrogens with one attached hydrogen (secondary N) is 1. The number of hydrogen-bond donors (Lipinski definition) is 1. The molecule has 0 heterocycles. The molecule has 2 aromatic rings. The topological polar surface area (TPSA) is 55.2 Å². The molecule has 4 nitrogen and oxygen atoms in total. The number of anilines is 1. The molecule has 2 rings (SSSR count). The zero-order chi connectivity index (χ0) is 15.6. The second-order valence-electron chi connectivity index (χ2n) is 5.48. The van der Waals surface area contributed by atoms with Crippen molar-refractivity contribution < 1.29 is 4.92 Å². The Morgan fingerprint density at radius 2 is 1.76 bits per heavy atom. The van der Waals surface area contributed by atoms with Gasteiger partial charge in [-0.2, -0.15) is 0 Å². The summed E-state index contributed by atoms with van der Waals surface area (Å²) in [4.78, 5) is 10.5. The number of aryl methyl sites for hydroxylation is 3. The van der Waals surface area contributed by atoms with Gasteiger partial charge in [0.25, 0.3) is 5.69 Å². The highest BCUT2D eigenvalue weighted by Crippen LogP contribution is 2.26. The van der Waals surface area contributed by atoms with Gasteiger partial charge in [0.2, 0.25) is 0 Å². The predicted molar refractivity (Wildman–Crippen MR) is 85.8 cm³/mol. The molecule has 1 N–H and O–H groups in total. The van der Waals surface area contributed by atoms with E-state index >= 15 is 0 Å². The zero-order valence-corrected chi connectivity index (χ0v) is 12.8. The average molecular weight is 284 g/mol. The Bertz CT molecular complexity index is 680. The Balaban J connectivity index is 2.23. The van der Waals surface area contributed by atoms with E-state index in [-0.39, 0.29) is 16.7 Å². The molecule has 0 fully saturated rings. The molecule has 0 radical (unpaired) electrons. The van der Waals surface area contributed by atoms with E-state index < -0.39 is 0 Å². The van der Waals surface area contributed by atoms with Crippen molar-refractivity contribution >= 4 is 11.4 Å². The Hall–Kier alpha value is -2.36. The molecule has 0 saturated heterocycles. The van der Waals surface area contributed by atoms with Crippen molar-refractivity contribution in [3.63, 3.8) is 0 Å². The van der Waals surface area contributed by atoms with Crippen molar-refractivity contribution in [2.24, 2.45) is 0 Å². The molecule has 0 bridgehead atoms. The van der Waals surface area contributed by atoms with Crippen LogP contribution in [0.4, 0.5) is 11.4 Å². The molecule has 4 heteroatoms. The lowest BCUT2D eigenvalue weighted by Crippen LogP contribution is -2.08. The van der Waals surface area contributed by atoms with Crippen LogP contribution in [-0.2, 0) is 0 Å². The van der Waals surface area contributed by atoms with Gasteiger partial charge < -0.3 is 5.32 Å². The normalized spacial score (nSPS) is 12.0. The molecular weight excluding hydrogens is 264 g/mol. The maximum Gasteiger partial charge on any atom is 0.272 e. The summed E-state index contributed by atoms with van der Waals surface area (Å²) in [6.45, 7) is 8.02. The van der Waals surface area contributed by atoms with Gasteiger partial charge in [-0.05, 0) is 51.0 Å². The van der Waals surface area contributed by atoms with E-state index in [0.717, 1.165) is 5.69 Å². The number of hydrogen-bond acceptors (Lipinski definition) is 3. The third kappa shape index (κ3) is 3.40. The molecule has 0 aliphatic rings. The Morgan fingerprint density at radius 3 is 2.38 bits per heavy atom. The highest BCUT2D eigenvalue weighted by molar-refractivity contribution is 5.55.